The highest BCUT2D eigenvalue weighted by Gasteiger charge is 2.50. The zero-order valence-electron chi connectivity index (χ0n) is 6.49. The lowest BCUT2D eigenvalue weighted by molar-refractivity contribution is -0.178. The van der Waals surface area contributed by atoms with Crippen molar-refractivity contribution in [2.45, 2.75) is 31.8 Å². The van der Waals surface area contributed by atoms with Gasteiger partial charge in [0.1, 0.15) is 12.7 Å². The van der Waals surface area contributed by atoms with E-state index in [2.05, 4.69) is 0 Å². The van der Waals surface area contributed by atoms with E-state index < -0.39 is 11.9 Å². The molecule has 0 N–H and O–H groups in total. The molecule has 0 saturated carbocycles. The van der Waals surface area contributed by atoms with Crippen LogP contribution >= 0.6 is 0 Å². The monoisotopic (exact) mass is 158 g/mol. The molecule has 11 heavy (non-hydrogen) atoms. The maximum absolute atomic E-state index is 10.9. The van der Waals surface area contributed by atoms with Crippen molar-refractivity contribution in [3.63, 3.8) is 0 Å². The highest BCUT2D eigenvalue weighted by molar-refractivity contribution is 5.77. The number of cyclic esters (lactones) is 1. The van der Waals surface area contributed by atoms with E-state index >= 15 is 0 Å². The van der Waals surface area contributed by atoms with Crippen molar-refractivity contribution >= 4 is 5.97 Å². The Morgan fingerprint density at radius 1 is 1.45 bits per heavy atom. The van der Waals surface area contributed by atoms with E-state index in [1.165, 1.54) is 0 Å². The summed E-state index contributed by atoms with van der Waals surface area (Å²) in [6.07, 6.45) is -0.692. The molecule has 0 aromatic heterocycles. The zero-order chi connectivity index (χ0) is 8.06. The Labute approximate surface area is 64.4 Å². The topological polar surface area (TPSA) is 44.8 Å². The quantitative estimate of drug-likeness (QED) is 0.468. The number of hydrogen-bond acceptors (Lipinski definition) is 4. The fraction of sp³-hybridized carbons (Fsp3) is 0.857. The highest BCUT2D eigenvalue weighted by atomic mass is 16.8. The average Bonchev–Trinajstić information content (AvgIpc) is 2.31. The molecule has 2 heterocycles. The summed E-state index contributed by atoms with van der Waals surface area (Å²) in [6, 6.07) is 0. The summed E-state index contributed by atoms with van der Waals surface area (Å²) in [6.45, 7) is 3.91. The van der Waals surface area contributed by atoms with Crippen LogP contribution in [0.5, 0.6) is 0 Å². The van der Waals surface area contributed by atoms with Crippen LogP contribution < -0.4 is 0 Å². The SMILES string of the molecule is CC1(C)OC2C(=O)OC[C@@H]2O1. The molecule has 0 aromatic rings. The van der Waals surface area contributed by atoms with Gasteiger partial charge < -0.3 is 14.2 Å². The standard InChI is InChI=1S/C7H10O4/c1-7(2)10-4-3-9-6(8)5(4)11-7/h4-5H,3H2,1-2H3/t4-,5?/m0/s1. The van der Waals surface area contributed by atoms with Gasteiger partial charge in [-0.25, -0.2) is 4.79 Å². The predicted octanol–water partition coefficient (Wildman–Crippen LogP) is 0.0633. The number of carbonyl (C=O) groups excluding carboxylic acids is 1. The van der Waals surface area contributed by atoms with Gasteiger partial charge in [0.15, 0.2) is 11.9 Å². The molecule has 0 aliphatic carbocycles. The molecule has 4 heteroatoms. The Bertz CT molecular complexity index is 199. The van der Waals surface area contributed by atoms with Gasteiger partial charge in [-0.1, -0.05) is 0 Å². The lowest BCUT2D eigenvalue weighted by atomic mass is 10.3. The Kier molecular flexibility index (Phi) is 1.25. The lowest BCUT2D eigenvalue weighted by Crippen LogP contribution is -2.25. The molecule has 1 unspecified atom stereocenters. The molecule has 0 aromatic carbocycles. The first kappa shape index (κ1) is 7.06. The van der Waals surface area contributed by atoms with Gasteiger partial charge >= 0.3 is 5.97 Å². The molecular weight excluding hydrogens is 148 g/mol. The molecule has 2 rings (SSSR count). The Morgan fingerprint density at radius 3 is 2.82 bits per heavy atom. The molecule has 2 saturated heterocycles. The van der Waals surface area contributed by atoms with Gasteiger partial charge in [-0.05, 0) is 13.8 Å². The minimum Gasteiger partial charge on any atom is -0.461 e. The average molecular weight is 158 g/mol. The summed E-state index contributed by atoms with van der Waals surface area (Å²) in [7, 11) is 0. The fourth-order valence-corrected chi connectivity index (χ4v) is 1.40. The van der Waals surface area contributed by atoms with E-state index in [1.807, 2.05) is 0 Å². The summed E-state index contributed by atoms with van der Waals surface area (Å²) < 4.78 is 15.4. The number of ether oxygens (including phenoxy) is 3. The summed E-state index contributed by atoms with van der Waals surface area (Å²) >= 11 is 0. The van der Waals surface area contributed by atoms with E-state index in [1.54, 1.807) is 13.8 Å². The van der Waals surface area contributed by atoms with Crippen molar-refractivity contribution < 1.29 is 19.0 Å². The van der Waals surface area contributed by atoms with Gasteiger partial charge in [0.2, 0.25) is 0 Å². The zero-order valence-corrected chi connectivity index (χ0v) is 6.49. The fourth-order valence-electron chi connectivity index (χ4n) is 1.40. The minimum absolute atomic E-state index is 0.197. The van der Waals surface area contributed by atoms with Crippen molar-refractivity contribution in [2.24, 2.45) is 0 Å². The van der Waals surface area contributed by atoms with Crippen LogP contribution in [0.1, 0.15) is 13.8 Å². The summed E-state index contributed by atoms with van der Waals surface area (Å²) in [4.78, 5) is 10.9. The van der Waals surface area contributed by atoms with Crippen molar-refractivity contribution in [2.75, 3.05) is 6.61 Å². The van der Waals surface area contributed by atoms with Crippen LogP contribution in [0.4, 0.5) is 0 Å². The molecule has 0 amide bonds. The third-order valence-corrected chi connectivity index (χ3v) is 1.81. The highest BCUT2D eigenvalue weighted by Crippen LogP contribution is 2.32. The third kappa shape index (κ3) is 1.02. The molecule has 2 aliphatic rings. The van der Waals surface area contributed by atoms with E-state index in [0.29, 0.717) is 6.61 Å². The maximum atomic E-state index is 10.9. The number of esters is 1. The van der Waals surface area contributed by atoms with E-state index in [4.69, 9.17) is 14.2 Å². The van der Waals surface area contributed by atoms with Crippen molar-refractivity contribution in [3.8, 4) is 0 Å². The van der Waals surface area contributed by atoms with Crippen LogP contribution in [0, 0.1) is 0 Å². The van der Waals surface area contributed by atoms with Crippen molar-refractivity contribution in [3.05, 3.63) is 0 Å². The van der Waals surface area contributed by atoms with E-state index in [9.17, 15) is 4.79 Å². The summed E-state index contributed by atoms with van der Waals surface area (Å²) in [5.41, 5.74) is 0. The number of fused-ring (bicyclic) bond motifs is 1. The first-order chi connectivity index (χ1) is 5.08. The van der Waals surface area contributed by atoms with Gasteiger partial charge in [-0.2, -0.15) is 0 Å². The Hall–Kier alpha value is -0.610. The number of hydrogen-bond donors (Lipinski definition) is 0. The van der Waals surface area contributed by atoms with Crippen LogP contribution in [-0.2, 0) is 19.0 Å². The van der Waals surface area contributed by atoms with Crippen LogP contribution in [0.2, 0.25) is 0 Å². The first-order valence-electron chi connectivity index (χ1n) is 3.61. The van der Waals surface area contributed by atoms with Gasteiger partial charge in [0.05, 0.1) is 0 Å². The van der Waals surface area contributed by atoms with Crippen molar-refractivity contribution in [1.82, 2.24) is 0 Å². The molecule has 2 fully saturated rings. The maximum Gasteiger partial charge on any atom is 0.338 e. The van der Waals surface area contributed by atoms with E-state index in [0.717, 1.165) is 0 Å². The van der Waals surface area contributed by atoms with Crippen LogP contribution in [0.15, 0.2) is 0 Å². The van der Waals surface area contributed by atoms with Crippen LogP contribution in [0.3, 0.4) is 0 Å². The van der Waals surface area contributed by atoms with Crippen LogP contribution in [-0.4, -0.2) is 30.6 Å². The normalized spacial score (nSPS) is 40.4. The Balaban J connectivity index is 2.16. The minimum atomic E-state index is -0.630. The number of carbonyl (C=O) groups is 1. The summed E-state index contributed by atoms with van der Waals surface area (Å²) in [5.74, 6) is -0.935. The number of rotatable bonds is 0. The largest absolute Gasteiger partial charge is 0.461 e. The van der Waals surface area contributed by atoms with Gasteiger partial charge in [-0.15, -0.1) is 0 Å². The molecule has 0 spiro atoms. The van der Waals surface area contributed by atoms with Gasteiger partial charge in [-0.3, -0.25) is 0 Å². The molecular formula is C7H10O4. The molecule has 0 radical (unpaired) electrons. The van der Waals surface area contributed by atoms with E-state index in [-0.39, 0.29) is 12.1 Å². The second-order valence-electron chi connectivity index (χ2n) is 3.22. The second-order valence-corrected chi connectivity index (χ2v) is 3.22. The molecule has 4 nitrogen and oxygen atoms in total. The smallest absolute Gasteiger partial charge is 0.338 e. The molecule has 2 aliphatic heterocycles. The second kappa shape index (κ2) is 1.95. The van der Waals surface area contributed by atoms with Crippen molar-refractivity contribution in [1.29, 1.82) is 0 Å². The lowest BCUT2D eigenvalue weighted by Gasteiger charge is -2.17. The third-order valence-electron chi connectivity index (χ3n) is 1.81. The van der Waals surface area contributed by atoms with Gasteiger partial charge in [0.25, 0.3) is 0 Å². The summed E-state index contributed by atoms with van der Waals surface area (Å²) in [5, 5.41) is 0. The van der Waals surface area contributed by atoms with Gasteiger partial charge in [0, 0.05) is 0 Å². The van der Waals surface area contributed by atoms with Crippen LogP contribution in [0.25, 0.3) is 0 Å². The molecule has 62 valence electrons. The first-order valence-corrected chi connectivity index (χ1v) is 3.61. The predicted molar refractivity (Wildman–Crippen MR) is 34.8 cm³/mol. The Morgan fingerprint density at radius 2 is 2.18 bits per heavy atom. The molecule has 0 bridgehead atoms. The molecule has 2 atom stereocenters.